The van der Waals surface area contributed by atoms with Gasteiger partial charge >= 0.3 is 0 Å². The highest BCUT2D eigenvalue weighted by Gasteiger charge is 2.15. The third kappa shape index (κ3) is 1.58. The Kier molecular flexibility index (Phi) is 2.51. The molecule has 0 radical (unpaired) electrons. The first-order valence-corrected chi connectivity index (χ1v) is 4.53. The molecule has 1 aromatic heterocycles. The zero-order valence-corrected chi connectivity index (χ0v) is 8.29. The summed E-state index contributed by atoms with van der Waals surface area (Å²) in [6.07, 6.45) is 2.78. The molecule has 2 rings (SSSR count). The molecule has 80 valence electrons. The van der Waals surface area contributed by atoms with Gasteiger partial charge in [0.15, 0.2) is 5.52 Å². The fourth-order valence-corrected chi connectivity index (χ4v) is 1.47. The highest BCUT2D eigenvalue weighted by Crippen LogP contribution is 2.31. The molecule has 0 amide bonds. The molecule has 0 atom stereocenters. The summed E-state index contributed by atoms with van der Waals surface area (Å²) in [7, 11) is 0. The number of fused-ring (bicyclic) bond motifs is 1. The molecule has 0 N–H and O–H groups in total. The zero-order chi connectivity index (χ0) is 11.5. The van der Waals surface area contributed by atoms with Crippen LogP contribution in [0.25, 0.3) is 10.9 Å². The lowest BCUT2D eigenvalue weighted by atomic mass is 10.2. The molecule has 5 heteroatoms. The minimum atomic E-state index is -0.465. The minimum absolute atomic E-state index is 0.0352. The molecule has 1 heterocycles. The maximum absolute atomic E-state index is 10.8. The second kappa shape index (κ2) is 3.98. The van der Waals surface area contributed by atoms with Crippen LogP contribution in [0.1, 0.15) is 0 Å². The molecule has 0 aliphatic rings. The molecule has 0 saturated heterocycles. The van der Waals surface area contributed by atoms with Crippen LogP contribution in [0.15, 0.2) is 43.3 Å². The minimum Gasteiger partial charge on any atom is -0.465 e. The van der Waals surface area contributed by atoms with Gasteiger partial charge in [0, 0.05) is 17.6 Å². The van der Waals surface area contributed by atoms with Crippen LogP contribution in [0.4, 0.5) is 5.69 Å². The zero-order valence-electron chi connectivity index (χ0n) is 8.29. The molecular weight excluding hydrogens is 208 g/mol. The Labute approximate surface area is 91.1 Å². The first-order chi connectivity index (χ1) is 7.74. The van der Waals surface area contributed by atoms with E-state index in [0.29, 0.717) is 16.7 Å². The molecule has 5 nitrogen and oxygen atoms in total. The van der Waals surface area contributed by atoms with Crippen molar-refractivity contribution >= 4 is 16.6 Å². The van der Waals surface area contributed by atoms with Gasteiger partial charge in [-0.15, -0.1) is 0 Å². The van der Waals surface area contributed by atoms with Gasteiger partial charge in [0.25, 0.3) is 5.69 Å². The molecule has 16 heavy (non-hydrogen) atoms. The van der Waals surface area contributed by atoms with E-state index < -0.39 is 4.92 Å². The Morgan fingerprint density at radius 2 is 2.25 bits per heavy atom. The number of ether oxygens (including phenoxy) is 1. The molecule has 0 aliphatic carbocycles. The summed E-state index contributed by atoms with van der Waals surface area (Å²) in [6.45, 7) is 3.44. The Bertz CT molecular complexity index is 566. The summed E-state index contributed by atoms with van der Waals surface area (Å²) < 4.78 is 5.16. The highest BCUT2D eigenvalue weighted by atomic mass is 16.6. The number of nitro benzene ring substituents is 1. The van der Waals surface area contributed by atoms with Crippen LogP contribution in [0.3, 0.4) is 0 Å². The summed E-state index contributed by atoms with van der Waals surface area (Å²) in [5.41, 5.74) is 0.277. The van der Waals surface area contributed by atoms with Crippen molar-refractivity contribution in [2.24, 2.45) is 0 Å². The number of nitro groups is 1. The number of non-ortho nitro benzene ring substituents is 1. The highest BCUT2D eigenvalue weighted by molar-refractivity contribution is 5.92. The van der Waals surface area contributed by atoms with Gasteiger partial charge in [-0.2, -0.15) is 0 Å². The van der Waals surface area contributed by atoms with Crippen LogP contribution < -0.4 is 4.74 Å². The Balaban J connectivity index is 2.76. The van der Waals surface area contributed by atoms with Crippen LogP contribution in [-0.2, 0) is 0 Å². The van der Waals surface area contributed by atoms with Crippen molar-refractivity contribution in [3.8, 4) is 5.75 Å². The summed E-state index contributed by atoms with van der Waals surface area (Å²) in [6, 6.07) is 6.31. The SMILES string of the molecule is C=COc1ccc([N+](=O)[O-])c2ncccc12. The Hall–Kier alpha value is -2.43. The van der Waals surface area contributed by atoms with E-state index in [2.05, 4.69) is 11.6 Å². The smallest absolute Gasteiger partial charge is 0.295 e. The van der Waals surface area contributed by atoms with E-state index >= 15 is 0 Å². The van der Waals surface area contributed by atoms with Crippen LogP contribution in [0.5, 0.6) is 5.75 Å². The number of hydrogen-bond acceptors (Lipinski definition) is 4. The average molecular weight is 216 g/mol. The van der Waals surface area contributed by atoms with Gasteiger partial charge < -0.3 is 4.74 Å². The standard InChI is InChI=1S/C11H8N2O3/c1-2-16-10-6-5-9(13(14)15)11-8(10)4-3-7-12-11/h2-7H,1H2. The van der Waals surface area contributed by atoms with E-state index in [9.17, 15) is 10.1 Å². The largest absolute Gasteiger partial charge is 0.465 e. The van der Waals surface area contributed by atoms with Crippen molar-refractivity contribution in [1.82, 2.24) is 4.98 Å². The van der Waals surface area contributed by atoms with E-state index in [1.807, 2.05) is 0 Å². The second-order valence-corrected chi connectivity index (χ2v) is 3.02. The first-order valence-electron chi connectivity index (χ1n) is 4.53. The molecule has 0 unspecified atom stereocenters. The molecule has 0 aliphatic heterocycles. The quantitative estimate of drug-likeness (QED) is 0.449. The number of benzene rings is 1. The van der Waals surface area contributed by atoms with Crippen molar-refractivity contribution in [3.05, 3.63) is 53.4 Å². The van der Waals surface area contributed by atoms with Gasteiger partial charge in [0.1, 0.15) is 5.75 Å². The van der Waals surface area contributed by atoms with E-state index in [4.69, 9.17) is 4.74 Å². The van der Waals surface area contributed by atoms with Crippen LogP contribution in [0, 0.1) is 10.1 Å². The van der Waals surface area contributed by atoms with Crippen LogP contribution in [-0.4, -0.2) is 9.91 Å². The Morgan fingerprint density at radius 3 is 2.94 bits per heavy atom. The number of nitrogens with zero attached hydrogens (tertiary/aromatic N) is 2. The number of rotatable bonds is 3. The molecule has 0 saturated carbocycles. The van der Waals surface area contributed by atoms with Crippen molar-refractivity contribution in [2.45, 2.75) is 0 Å². The molecule has 2 aromatic rings. The van der Waals surface area contributed by atoms with Gasteiger partial charge in [-0.1, -0.05) is 6.58 Å². The van der Waals surface area contributed by atoms with E-state index in [0.717, 1.165) is 0 Å². The van der Waals surface area contributed by atoms with Gasteiger partial charge in [0.2, 0.25) is 0 Å². The predicted octanol–water partition coefficient (Wildman–Crippen LogP) is 2.67. The third-order valence-electron chi connectivity index (χ3n) is 2.12. The summed E-state index contributed by atoms with van der Waals surface area (Å²) in [5.74, 6) is 0.503. The molecule has 0 bridgehead atoms. The Morgan fingerprint density at radius 1 is 1.44 bits per heavy atom. The molecular formula is C11H8N2O3. The lowest BCUT2D eigenvalue weighted by molar-refractivity contribution is -0.383. The fraction of sp³-hybridized carbons (Fsp3) is 0. The monoisotopic (exact) mass is 216 g/mol. The van der Waals surface area contributed by atoms with E-state index in [1.165, 1.54) is 24.6 Å². The fourth-order valence-electron chi connectivity index (χ4n) is 1.47. The molecule has 0 fully saturated rings. The first kappa shape index (κ1) is 10.1. The summed E-state index contributed by atoms with van der Waals surface area (Å²) in [4.78, 5) is 14.3. The van der Waals surface area contributed by atoms with E-state index in [1.54, 1.807) is 12.1 Å². The van der Waals surface area contributed by atoms with Crippen LogP contribution >= 0.6 is 0 Å². The topological polar surface area (TPSA) is 65.3 Å². The van der Waals surface area contributed by atoms with Crippen molar-refractivity contribution in [2.75, 3.05) is 0 Å². The van der Waals surface area contributed by atoms with Gasteiger partial charge in [-0.05, 0) is 18.2 Å². The number of pyridine rings is 1. The van der Waals surface area contributed by atoms with Crippen molar-refractivity contribution < 1.29 is 9.66 Å². The lowest BCUT2D eigenvalue weighted by Crippen LogP contribution is -1.93. The molecule has 1 aromatic carbocycles. The number of hydrogen-bond donors (Lipinski definition) is 0. The summed E-state index contributed by atoms with van der Waals surface area (Å²) in [5, 5.41) is 11.4. The predicted molar refractivity (Wildman–Crippen MR) is 59.2 cm³/mol. The average Bonchev–Trinajstić information content (AvgIpc) is 2.29. The summed E-state index contributed by atoms with van der Waals surface area (Å²) >= 11 is 0. The van der Waals surface area contributed by atoms with E-state index in [-0.39, 0.29) is 5.69 Å². The maximum Gasteiger partial charge on any atom is 0.295 e. The van der Waals surface area contributed by atoms with Crippen LogP contribution in [0.2, 0.25) is 0 Å². The second-order valence-electron chi connectivity index (χ2n) is 3.02. The maximum atomic E-state index is 10.8. The lowest BCUT2D eigenvalue weighted by Gasteiger charge is -2.04. The third-order valence-corrected chi connectivity index (χ3v) is 2.12. The molecule has 0 spiro atoms. The number of aromatic nitrogens is 1. The van der Waals surface area contributed by atoms with Crippen molar-refractivity contribution in [1.29, 1.82) is 0 Å². The van der Waals surface area contributed by atoms with Gasteiger partial charge in [0.05, 0.1) is 11.2 Å². The van der Waals surface area contributed by atoms with Crippen molar-refractivity contribution in [3.63, 3.8) is 0 Å². The van der Waals surface area contributed by atoms with Gasteiger partial charge in [-0.25, -0.2) is 4.98 Å². The normalized spacial score (nSPS) is 10.0. The van der Waals surface area contributed by atoms with Gasteiger partial charge in [-0.3, -0.25) is 10.1 Å².